The molecule has 0 unspecified atom stereocenters. The van der Waals surface area contributed by atoms with E-state index in [2.05, 4.69) is 160 Å². The van der Waals surface area contributed by atoms with Crippen molar-refractivity contribution in [1.82, 2.24) is 4.98 Å². The van der Waals surface area contributed by atoms with Crippen LogP contribution in [0.3, 0.4) is 0 Å². The van der Waals surface area contributed by atoms with Gasteiger partial charge in [0.2, 0.25) is 0 Å². The van der Waals surface area contributed by atoms with Crippen molar-refractivity contribution in [2.75, 3.05) is 0 Å². The molecule has 0 amide bonds. The molecule has 1 heterocycles. The summed E-state index contributed by atoms with van der Waals surface area (Å²) in [6.07, 6.45) is 1.98. The third-order valence-electron chi connectivity index (χ3n) is 8.94. The number of aliphatic imine (C=N–C) groups is 1. The topological polar surface area (TPSA) is 25.2 Å². The third kappa shape index (κ3) is 5.64. The summed E-state index contributed by atoms with van der Waals surface area (Å²) in [6.45, 7) is 6.83. The molecule has 0 aliphatic rings. The zero-order chi connectivity index (χ0) is 32.0. The normalized spacial score (nSPS) is 12.1. The van der Waals surface area contributed by atoms with Crippen LogP contribution in [0.15, 0.2) is 151 Å². The molecule has 0 saturated heterocycles. The van der Waals surface area contributed by atoms with E-state index in [9.17, 15) is 0 Å². The maximum Gasteiger partial charge on any atom is 0.126 e. The lowest BCUT2D eigenvalue weighted by Crippen LogP contribution is -2.11. The van der Waals surface area contributed by atoms with E-state index >= 15 is 0 Å². The summed E-state index contributed by atoms with van der Waals surface area (Å²) in [6, 6.07) is 52.0. The maximum absolute atomic E-state index is 5.31. The summed E-state index contributed by atoms with van der Waals surface area (Å²) in [7, 11) is 0. The highest BCUT2D eigenvalue weighted by molar-refractivity contribution is 7.21. The Balaban J connectivity index is 1.20. The number of para-hydroxylation sites is 1. The zero-order valence-corrected chi connectivity index (χ0v) is 27.6. The van der Waals surface area contributed by atoms with Gasteiger partial charge in [0.15, 0.2) is 0 Å². The SMILES string of the molecule is CC(C)(C)c1cc(-c2ccc(-c3ccc4ccccc4c3)cc2)c2nc(-c3ccccc3N=Cc3cccc4ccccc34)sc2c1. The van der Waals surface area contributed by atoms with Crippen LogP contribution >= 0.6 is 11.3 Å². The molecule has 0 atom stereocenters. The van der Waals surface area contributed by atoms with Gasteiger partial charge < -0.3 is 0 Å². The summed E-state index contributed by atoms with van der Waals surface area (Å²) < 4.78 is 1.19. The van der Waals surface area contributed by atoms with E-state index in [4.69, 9.17) is 9.98 Å². The van der Waals surface area contributed by atoms with Crippen LogP contribution in [-0.4, -0.2) is 11.2 Å². The second-order valence-electron chi connectivity index (χ2n) is 13.1. The number of hydrogen-bond acceptors (Lipinski definition) is 3. The molecule has 0 bridgehead atoms. The molecule has 8 aromatic rings. The van der Waals surface area contributed by atoms with Gasteiger partial charge >= 0.3 is 0 Å². The van der Waals surface area contributed by atoms with Crippen molar-refractivity contribution in [3.05, 3.63) is 157 Å². The first-order chi connectivity index (χ1) is 22.9. The number of aromatic nitrogens is 1. The molecule has 0 aliphatic heterocycles. The van der Waals surface area contributed by atoms with E-state index in [1.165, 1.54) is 48.5 Å². The van der Waals surface area contributed by atoms with Crippen molar-refractivity contribution in [3.8, 4) is 32.8 Å². The molecular formula is C44H34N2S. The summed E-state index contributed by atoms with van der Waals surface area (Å²) in [5.74, 6) is 0. The van der Waals surface area contributed by atoms with Gasteiger partial charge in [-0.1, -0.05) is 136 Å². The fourth-order valence-electron chi connectivity index (χ4n) is 6.28. The van der Waals surface area contributed by atoms with Crippen LogP contribution in [0, 0.1) is 0 Å². The van der Waals surface area contributed by atoms with Gasteiger partial charge in [0, 0.05) is 22.9 Å². The fourth-order valence-corrected chi connectivity index (χ4v) is 7.34. The van der Waals surface area contributed by atoms with E-state index in [1.807, 2.05) is 12.3 Å². The van der Waals surface area contributed by atoms with Gasteiger partial charge in [-0.3, -0.25) is 4.99 Å². The first-order valence-electron chi connectivity index (χ1n) is 16.1. The number of thiazole rings is 1. The van der Waals surface area contributed by atoms with Crippen molar-refractivity contribution < 1.29 is 0 Å². The lowest BCUT2D eigenvalue weighted by atomic mass is 9.85. The highest BCUT2D eigenvalue weighted by Gasteiger charge is 2.20. The molecule has 0 N–H and O–H groups in total. The van der Waals surface area contributed by atoms with E-state index in [0.29, 0.717) is 0 Å². The minimum atomic E-state index is -0.00120. The van der Waals surface area contributed by atoms with Gasteiger partial charge in [0.25, 0.3) is 0 Å². The first kappa shape index (κ1) is 29.1. The number of hydrogen-bond donors (Lipinski definition) is 0. The van der Waals surface area contributed by atoms with E-state index in [0.717, 1.165) is 32.9 Å². The Morgan fingerprint density at radius 1 is 0.574 bits per heavy atom. The minimum absolute atomic E-state index is 0.00120. The third-order valence-corrected chi connectivity index (χ3v) is 9.98. The van der Waals surface area contributed by atoms with E-state index in [-0.39, 0.29) is 5.41 Å². The average Bonchev–Trinajstić information content (AvgIpc) is 3.54. The Labute approximate surface area is 279 Å². The van der Waals surface area contributed by atoms with Crippen LogP contribution < -0.4 is 0 Å². The van der Waals surface area contributed by atoms with E-state index < -0.39 is 0 Å². The quantitative estimate of drug-likeness (QED) is 0.175. The largest absolute Gasteiger partial charge is 0.256 e. The summed E-state index contributed by atoms with van der Waals surface area (Å²) >= 11 is 1.74. The Kier molecular flexibility index (Phi) is 7.27. The Morgan fingerprint density at radius 3 is 2.09 bits per heavy atom. The van der Waals surface area contributed by atoms with Crippen molar-refractivity contribution in [3.63, 3.8) is 0 Å². The monoisotopic (exact) mass is 622 g/mol. The van der Waals surface area contributed by atoms with Gasteiger partial charge in [-0.25, -0.2) is 4.98 Å². The predicted octanol–water partition coefficient (Wildman–Crippen LogP) is 12.7. The molecule has 0 fully saturated rings. The Morgan fingerprint density at radius 2 is 1.26 bits per heavy atom. The van der Waals surface area contributed by atoms with Crippen LogP contribution in [0.5, 0.6) is 0 Å². The molecule has 47 heavy (non-hydrogen) atoms. The fraction of sp³-hybridized carbons (Fsp3) is 0.0909. The van der Waals surface area contributed by atoms with Gasteiger partial charge in [0.05, 0.1) is 15.9 Å². The smallest absolute Gasteiger partial charge is 0.126 e. The molecule has 1 aromatic heterocycles. The Hall–Kier alpha value is -5.38. The van der Waals surface area contributed by atoms with Gasteiger partial charge in [-0.05, 0) is 79.5 Å². The number of nitrogens with zero attached hydrogens (tertiary/aromatic N) is 2. The highest BCUT2D eigenvalue weighted by atomic mass is 32.1. The molecule has 0 radical (unpaired) electrons. The van der Waals surface area contributed by atoms with Crippen LogP contribution in [0.25, 0.3) is 64.6 Å². The molecule has 3 heteroatoms. The van der Waals surface area contributed by atoms with Crippen molar-refractivity contribution in [1.29, 1.82) is 0 Å². The van der Waals surface area contributed by atoms with Gasteiger partial charge in [-0.15, -0.1) is 11.3 Å². The van der Waals surface area contributed by atoms with Crippen molar-refractivity contribution in [2.45, 2.75) is 26.2 Å². The average molecular weight is 623 g/mol. The van der Waals surface area contributed by atoms with Crippen molar-refractivity contribution >= 4 is 55.0 Å². The van der Waals surface area contributed by atoms with Crippen molar-refractivity contribution in [2.24, 2.45) is 4.99 Å². The van der Waals surface area contributed by atoms with E-state index in [1.54, 1.807) is 11.3 Å². The predicted molar refractivity (Wildman–Crippen MR) is 203 cm³/mol. The van der Waals surface area contributed by atoms with Crippen LogP contribution in [0.4, 0.5) is 5.69 Å². The minimum Gasteiger partial charge on any atom is -0.256 e. The molecule has 0 aliphatic carbocycles. The summed E-state index contributed by atoms with van der Waals surface area (Å²) in [5.41, 5.74) is 10.2. The lowest BCUT2D eigenvalue weighted by molar-refractivity contribution is 0.591. The molecule has 0 spiro atoms. The van der Waals surface area contributed by atoms with Gasteiger partial charge in [0.1, 0.15) is 5.01 Å². The molecular weight excluding hydrogens is 589 g/mol. The standard InChI is InChI=1S/C44H34N2S/c1-44(2,3)36-26-39(32-22-19-30(20-23-32)34-24-21-29-11-4-5-13-33(29)25-34)42-41(27-36)47-43(46-42)38-17-8-9-18-40(38)45-28-35-15-10-14-31-12-6-7-16-37(31)35/h4-28H,1-3H3. The molecule has 0 saturated carbocycles. The summed E-state index contributed by atoms with van der Waals surface area (Å²) in [5, 5.41) is 5.90. The first-order valence-corrected chi connectivity index (χ1v) is 16.9. The molecule has 8 rings (SSSR count). The maximum atomic E-state index is 5.31. The second kappa shape index (κ2) is 11.8. The van der Waals surface area contributed by atoms with Crippen LogP contribution in [-0.2, 0) is 5.41 Å². The highest BCUT2D eigenvalue weighted by Crippen LogP contribution is 2.42. The molecule has 2 nitrogen and oxygen atoms in total. The zero-order valence-electron chi connectivity index (χ0n) is 26.7. The number of benzene rings is 7. The van der Waals surface area contributed by atoms with Crippen LogP contribution in [0.1, 0.15) is 31.9 Å². The number of fused-ring (bicyclic) bond motifs is 3. The lowest BCUT2D eigenvalue weighted by Gasteiger charge is -2.20. The van der Waals surface area contributed by atoms with Gasteiger partial charge in [-0.2, -0.15) is 0 Å². The Bertz CT molecular complexity index is 2440. The van der Waals surface area contributed by atoms with Crippen LogP contribution in [0.2, 0.25) is 0 Å². The molecule has 7 aromatic carbocycles. The second-order valence-corrected chi connectivity index (χ2v) is 14.2. The summed E-state index contributed by atoms with van der Waals surface area (Å²) in [4.78, 5) is 10.3. The molecule has 226 valence electrons. The number of rotatable bonds is 5.